The van der Waals surface area contributed by atoms with Gasteiger partial charge in [-0.2, -0.15) is 20.5 Å². The van der Waals surface area contributed by atoms with Gasteiger partial charge in [-0.3, -0.25) is 20.2 Å². The maximum atomic E-state index is 11.9. The minimum absolute atomic E-state index is 0. The molecule has 4 aromatic rings. The van der Waals surface area contributed by atoms with E-state index in [0.29, 0.717) is 0 Å². The second-order valence-corrected chi connectivity index (χ2v) is 8.29. The molecule has 16 nitrogen and oxygen atoms in total. The first-order valence-electron chi connectivity index (χ1n) is 11.4. The van der Waals surface area contributed by atoms with Crippen molar-refractivity contribution in [2.24, 2.45) is 20.5 Å². The summed E-state index contributed by atoms with van der Waals surface area (Å²) in [7, 11) is 0. The number of benzene rings is 4. The van der Waals surface area contributed by atoms with Crippen LogP contribution in [-0.4, -0.2) is 32.0 Å². The Morgan fingerprint density at radius 3 is 1.14 bits per heavy atom. The molecule has 0 unspecified atom stereocenters. The zero-order valence-electron chi connectivity index (χ0n) is 22.8. The molecule has 44 heavy (non-hydrogen) atoms. The van der Waals surface area contributed by atoms with Gasteiger partial charge in [0, 0.05) is 12.1 Å². The van der Waals surface area contributed by atoms with Gasteiger partial charge in [0.25, 0.3) is 11.4 Å². The first kappa shape index (κ1) is 35.6. The molecule has 0 aliphatic heterocycles. The molecule has 0 aliphatic carbocycles. The van der Waals surface area contributed by atoms with Crippen LogP contribution in [-0.2, 0) is 0 Å². The Kier molecular flexibility index (Phi) is 12.3. The molecule has 0 bridgehead atoms. The van der Waals surface area contributed by atoms with Crippen LogP contribution in [0.25, 0.3) is 11.1 Å². The predicted molar refractivity (Wildman–Crippen MR) is 139 cm³/mol. The molecule has 0 aromatic heterocycles. The molecule has 0 radical (unpaired) electrons. The van der Waals surface area contributed by atoms with Crippen LogP contribution in [0.15, 0.2) is 93.3 Å². The molecular weight excluding hydrogens is 602 g/mol. The van der Waals surface area contributed by atoms with Crippen LogP contribution >= 0.6 is 0 Å². The van der Waals surface area contributed by atoms with Crippen LogP contribution in [0.5, 0.6) is 11.5 Å². The van der Waals surface area contributed by atoms with Crippen LogP contribution in [0.3, 0.4) is 0 Å². The average molecular weight is 616 g/mol. The van der Waals surface area contributed by atoms with Crippen LogP contribution in [0.2, 0.25) is 0 Å². The Bertz CT molecular complexity index is 1720. The van der Waals surface area contributed by atoms with Gasteiger partial charge in [0.05, 0.1) is 54.8 Å². The van der Waals surface area contributed by atoms with E-state index < -0.39 is 55.8 Å². The zero-order valence-corrected chi connectivity index (χ0v) is 26.8. The summed E-state index contributed by atoms with van der Waals surface area (Å²) < 4.78 is 0. The number of hydrogen-bond donors (Lipinski definition) is 2. The van der Waals surface area contributed by atoms with Gasteiger partial charge in [-0.05, 0) is 48.5 Å². The number of rotatable bonds is 9. The SMILES string of the molecule is O=C(O)c1cc(N=Nc2ccc(-c3ccc(N=Nc4ccc([O-])c(C(=O)O)c4)cc3[N+](=O)[O-])c([N+](=O)[O-])c2)ccc1[O-].[Na+].[Na+]. The Hall–Kier alpha value is -4.58. The molecule has 4 aromatic carbocycles. The molecule has 0 atom stereocenters. The van der Waals surface area contributed by atoms with Crippen molar-refractivity contribution in [2.75, 3.05) is 0 Å². The fraction of sp³-hybridized carbons (Fsp3) is 0. The van der Waals surface area contributed by atoms with Gasteiger partial charge >= 0.3 is 71.1 Å². The third-order valence-corrected chi connectivity index (χ3v) is 5.60. The third kappa shape index (κ3) is 8.28. The van der Waals surface area contributed by atoms with Crippen LogP contribution in [0, 0.1) is 20.2 Å². The minimum atomic E-state index is -1.46. The average Bonchev–Trinajstić information content (AvgIpc) is 2.95. The van der Waals surface area contributed by atoms with E-state index in [-0.39, 0.29) is 93.0 Å². The fourth-order valence-electron chi connectivity index (χ4n) is 3.65. The van der Waals surface area contributed by atoms with Crippen molar-refractivity contribution < 1.29 is 99.0 Å². The largest absolute Gasteiger partial charge is 1.00 e. The van der Waals surface area contributed by atoms with Gasteiger partial charge in [0.2, 0.25) is 0 Å². The third-order valence-electron chi connectivity index (χ3n) is 5.60. The van der Waals surface area contributed by atoms with Crippen molar-refractivity contribution in [2.45, 2.75) is 0 Å². The molecule has 0 saturated heterocycles. The van der Waals surface area contributed by atoms with E-state index in [1.54, 1.807) is 0 Å². The summed E-state index contributed by atoms with van der Waals surface area (Å²) in [4.78, 5) is 44.4. The first-order chi connectivity index (χ1) is 19.9. The predicted octanol–water partition coefficient (Wildman–Crippen LogP) is -0.448. The van der Waals surface area contributed by atoms with E-state index in [0.717, 1.165) is 36.4 Å². The van der Waals surface area contributed by atoms with Crippen LogP contribution < -0.4 is 69.3 Å². The molecule has 18 heteroatoms. The quantitative estimate of drug-likeness (QED) is 0.106. The molecule has 4 rings (SSSR count). The van der Waals surface area contributed by atoms with E-state index >= 15 is 0 Å². The number of carboxylic acid groups (broad SMARTS) is 2. The summed E-state index contributed by atoms with van der Waals surface area (Å²) in [5.74, 6) is -4.39. The van der Waals surface area contributed by atoms with Gasteiger partial charge in [-0.25, -0.2) is 9.59 Å². The smallest absolute Gasteiger partial charge is 0.872 e. The molecule has 2 N–H and O–H groups in total. The van der Waals surface area contributed by atoms with E-state index in [4.69, 9.17) is 10.2 Å². The van der Waals surface area contributed by atoms with Crippen LogP contribution in [0.1, 0.15) is 20.7 Å². The summed E-state index contributed by atoms with van der Waals surface area (Å²) in [5.41, 5.74) is -2.50. The van der Waals surface area contributed by atoms with Gasteiger partial charge in [-0.1, -0.05) is 23.6 Å². The maximum absolute atomic E-state index is 11.9. The number of nitro benzene ring substituents is 2. The molecule has 210 valence electrons. The van der Waals surface area contributed by atoms with E-state index in [1.165, 1.54) is 36.4 Å². The fourth-order valence-corrected chi connectivity index (χ4v) is 3.65. The second kappa shape index (κ2) is 15.2. The number of carboxylic acids is 2. The zero-order chi connectivity index (χ0) is 30.6. The monoisotopic (exact) mass is 616 g/mol. The molecule has 0 amide bonds. The Labute approximate surface area is 290 Å². The Balaban J connectivity index is 0.00000337. The number of nitro groups is 2. The van der Waals surface area contributed by atoms with Crippen molar-refractivity contribution in [3.05, 3.63) is 104 Å². The molecule has 0 fully saturated rings. The maximum Gasteiger partial charge on any atom is 1.00 e. The molecule has 0 spiro atoms. The summed E-state index contributed by atoms with van der Waals surface area (Å²) in [6.45, 7) is 0. The van der Waals surface area contributed by atoms with Crippen molar-refractivity contribution in [1.82, 2.24) is 0 Å². The van der Waals surface area contributed by atoms with Gasteiger partial charge in [-0.15, -0.1) is 0 Å². The number of hydrogen-bond acceptors (Lipinski definition) is 12. The summed E-state index contributed by atoms with van der Waals surface area (Å²) in [6.07, 6.45) is 0. The summed E-state index contributed by atoms with van der Waals surface area (Å²) >= 11 is 0. The van der Waals surface area contributed by atoms with Crippen molar-refractivity contribution in [3.63, 3.8) is 0 Å². The van der Waals surface area contributed by atoms with E-state index in [9.17, 15) is 40.0 Å². The normalized spacial score (nSPS) is 10.6. The molecule has 0 saturated carbocycles. The molecule has 0 aliphatic rings. The van der Waals surface area contributed by atoms with Crippen LogP contribution in [0.4, 0.5) is 34.1 Å². The van der Waals surface area contributed by atoms with Crippen molar-refractivity contribution in [1.29, 1.82) is 0 Å². The number of nitrogens with zero attached hydrogens (tertiary/aromatic N) is 6. The minimum Gasteiger partial charge on any atom is -0.872 e. The Morgan fingerprint density at radius 2 is 0.841 bits per heavy atom. The Morgan fingerprint density at radius 1 is 0.545 bits per heavy atom. The van der Waals surface area contributed by atoms with Crippen molar-refractivity contribution in [3.8, 4) is 22.6 Å². The van der Waals surface area contributed by atoms with Gasteiger partial charge in [0.1, 0.15) is 0 Å². The molecular formula is C26H14N6Na2O10. The number of aromatic carboxylic acids is 2. The summed E-state index contributed by atoms with van der Waals surface area (Å²) in [5, 5.41) is 80.4. The van der Waals surface area contributed by atoms with E-state index in [1.807, 2.05) is 0 Å². The van der Waals surface area contributed by atoms with Gasteiger partial charge < -0.3 is 20.4 Å². The summed E-state index contributed by atoms with van der Waals surface area (Å²) in [6, 6.07) is 13.4. The van der Waals surface area contributed by atoms with Gasteiger partial charge in [0.15, 0.2) is 0 Å². The van der Waals surface area contributed by atoms with Crippen molar-refractivity contribution >= 4 is 46.1 Å². The first-order valence-corrected chi connectivity index (χ1v) is 11.4. The second-order valence-electron chi connectivity index (χ2n) is 8.29. The molecule has 0 heterocycles. The topological polar surface area (TPSA) is 256 Å². The standard InChI is InChI=1S/C26H16N6O10.2Na/c33-23-7-3-13(9-19(23)25(35)36)27-29-15-1-5-17(21(11-15)31(39)40)18-6-2-16(12-22(18)32(41)42)30-28-14-4-8-24(34)20(10-14)26(37)38;;/h1-12,33-34H,(H,35,36)(H,37,38);;/q;2*+1/p-2. The van der Waals surface area contributed by atoms with E-state index in [2.05, 4.69) is 20.5 Å². The number of carbonyl (C=O) groups is 2. The number of azo groups is 2.